The lowest BCUT2D eigenvalue weighted by atomic mass is 10.00. The fourth-order valence-corrected chi connectivity index (χ4v) is 6.49. The van der Waals surface area contributed by atoms with Gasteiger partial charge in [-0.1, -0.05) is 96.8 Å². The standard InChI is InChI=1S/C34H55IO12S/c1-2-3-4-5-6-7-8-9-10-11-12-13-14-15-16-17-29(36)46-27(22-44-33(40)25-18-20-26(35)21-19-25)23-45-34-32(39)31(38)30(37)28(47-34)24-48(41,42)43/h18-21,27-28,30-32,34,37-39H,2-17,22-24H2,1H3,(H,41,42,43)/t27?,28-,30-,31+,32-,34+/m1/s1. The van der Waals surface area contributed by atoms with Gasteiger partial charge in [-0.05, 0) is 53.3 Å². The van der Waals surface area contributed by atoms with E-state index in [-0.39, 0.29) is 12.0 Å². The molecule has 0 saturated carbocycles. The molecule has 1 aliphatic rings. The van der Waals surface area contributed by atoms with E-state index in [4.69, 9.17) is 23.5 Å². The van der Waals surface area contributed by atoms with E-state index in [9.17, 15) is 33.3 Å². The number of aliphatic hydroxyl groups is 3. The first kappa shape index (κ1) is 42.8. The topological polar surface area (TPSA) is 186 Å². The Morgan fingerprint density at radius 2 is 1.31 bits per heavy atom. The lowest BCUT2D eigenvalue weighted by Gasteiger charge is -2.40. The Kier molecular flexibility index (Phi) is 21.3. The van der Waals surface area contributed by atoms with Crippen LogP contribution >= 0.6 is 22.6 Å². The van der Waals surface area contributed by atoms with Gasteiger partial charge in [-0.2, -0.15) is 8.42 Å². The van der Waals surface area contributed by atoms with Gasteiger partial charge in [0.1, 0.15) is 36.8 Å². The number of benzene rings is 1. The Morgan fingerprint density at radius 1 is 0.792 bits per heavy atom. The highest BCUT2D eigenvalue weighted by atomic mass is 127. The van der Waals surface area contributed by atoms with Gasteiger partial charge in [0, 0.05) is 9.99 Å². The molecule has 48 heavy (non-hydrogen) atoms. The highest BCUT2D eigenvalue weighted by molar-refractivity contribution is 14.1. The number of carbonyl (C=O) groups excluding carboxylic acids is 2. The third kappa shape index (κ3) is 18.0. The van der Waals surface area contributed by atoms with Crippen molar-refractivity contribution >= 4 is 44.6 Å². The summed E-state index contributed by atoms with van der Waals surface area (Å²) in [5, 5.41) is 30.6. The molecule has 1 aromatic carbocycles. The average molecular weight is 815 g/mol. The quantitative estimate of drug-likeness (QED) is 0.0431. The van der Waals surface area contributed by atoms with Gasteiger partial charge in [-0.15, -0.1) is 0 Å². The lowest BCUT2D eigenvalue weighted by Crippen LogP contribution is -2.60. The molecule has 14 heteroatoms. The van der Waals surface area contributed by atoms with Crippen LogP contribution in [0.5, 0.6) is 0 Å². The number of esters is 2. The zero-order valence-corrected chi connectivity index (χ0v) is 31.0. The Morgan fingerprint density at radius 3 is 1.83 bits per heavy atom. The van der Waals surface area contributed by atoms with E-state index < -0.39 is 77.8 Å². The Balaban J connectivity index is 1.78. The van der Waals surface area contributed by atoms with Crippen molar-refractivity contribution in [2.75, 3.05) is 19.0 Å². The number of ether oxygens (including phenoxy) is 4. The van der Waals surface area contributed by atoms with Gasteiger partial charge in [-0.25, -0.2) is 4.79 Å². The maximum absolute atomic E-state index is 12.7. The largest absolute Gasteiger partial charge is 0.458 e. The van der Waals surface area contributed by atoms with E-state index in [1.807, 2.05) is 0 Å². The molecule has 276 valence electrons. The van der Waals surface area contributed by atoms with Gasteiger partial charge in [0.15, 0.2) is 12.4 Å². The second kappa shape index (κ2) is 23.9. The molecule has 0 spiro atoms. The summed E-state index contributed by atoms with van der Waals surface area (Å²) in [7, 11) is -4.60. The SMILES string of the molecule is CCCCCCCCCCCCCCCCCC(=O)OC(COC(=O)c1ccc(I)cc1)CO[C@H]1O[C@H](CS(=O)(=O)O)[C@@H](O)[C@H](O)[C@H]1O. The summed E-state index contributed by atoms with van der Waals surface area (Å²) in [4.78, 5) is 25.3. The van der Waals surface area contributed by atoms with Crippen LogP contribution in [0.4, 0.5) is 0 Å². The second-order valence-electron chi connectivity index (χ2n) is 12.5. The van der Waals surface area contributed by atoms with E-state index in [0.29, 0.717) is 6.42 Å². The first-order valence-electron chi connectivity index (χ1n) is 17.3. The van der Waals surface area contributed by atoms with Crippen LogP contribution < -0.4 is 0 Å². The van der Waals surface area contributed by atoms with E-state index in [0.717, 1.165) is 22.8 Å². The summed E-state index contributed by atoms with van der Waals surface area (Å²) in [6, 6.07) is 6.65. The van der Waals surface area contributed by atoms with E-state index in [1.165, 1.54) is 70.6 Å². The third-order valence-corrected chi connectivity index (χ3v) is 9.72. The predicted molar refractivity (Wildman–Crippen MR) is 188 cm³/mol. The number of carbonyl (C=O) groups is 2. The van der Waals surface area contributed by atoms with E-state index >= 15 is 0 Å². The molecular weight excluding hydrogens is 759 g/mol. The molecular formula is C34H55IO12S. The number of hydrogen-bond acceptors (Lipinski definition) is 11. The minimum atomic E-state index is -4.60. The molecule has 1 heterocycles. The van der Waals surface area contributed by atoms with Gasteiger partial charge in [0.25, 0.3) is 10.1 Å². The third-order valence-electron chi connectivity index (χ3n) is 8.25. The molecule has 0 bridgehead atoms. The average Bonchev–Trinajstić information content (AvgIpc) is 3.04. The van der Waals surface area contributed by atoms with Crippen molar-refractivity contribution in [3.05, 3.63) is 33.4 Å². The fraction of sp³-hybridized carbons (Fsp3) is 0.765. The molecule has 1 saturated heterocycles. The van der Waals surface area contributed by atoms with Crippen LogP contribution in [0, 0.1) is 3.57 Å². The molecule has 12 nitrogen and oxygen atoms in total. The summed E-state index contributed by atoms with van der Waals surface area (Å²) >= 11 is 2.10. The van der Waals surface area contributed by atoms with Crippen molar-refractivity contribution < 1.29 is 56.8 Å². The molecule has 0 radical (unpaired) electrons. The summed E-state index contributed by atoms with van der Waals surface area (Å²) in [5.41, 5.74) is 0.287. The first-order valence-corrected chi connectivity index (χ1v) is 20.0. The van der Waals surface area contributed by atoms with Crippen molar-refractivity contribution in [3.63, 3.8) is 0 Å². The van der Waals surface area contributed by atoms with Crippen molar-refractivity contribution in [2.24, 2.45) is 0 Å². The number of hydrogen-bond donors (Lipinski definition) is 4. The second-order valence-corrected chi connectivity index (χ2v) is 15.3. The number of unbranched alkanes of at least 4 members (excludes halogenated alkanes) is 14. The van der Waals surface area contributed by atoms with Crippen molar-refractivity contribution in [1.29, 1.82) is 0 Å². The van der Waals surface area contributed by atoms with E-state index in [2.05, 4.69) is 29.5 Å². The van der Waals surface area contributed by atoms with Crippen LogP contribution in [0.1, 0.15) is 120 Å². The Hall–Kier alpha value is -1.40. The smallest absolute Gasteiger partial charge is 0.338 e. The summed E-state index contributed by atoms with van der Waals surface area (Å²) in [5.74, 6) is -2.24. The Bertz CT molecular complexity index is 1150. The molecule has 2 rings (SSSR count). The molecule has 0 amide bonds. The molecule has 1 unspecified atom stereocenters. The maximum Gasteiger partial charge on any atom is 0.338 e. The lowest BCUT2D eigenvalue weighted by molar-refractivity contribution is -0.297. The van der Waals surface area contributed by atoms with Crippen molar-refractivity contribution in [1.82, 2.24) is 0 Å². The van der Waals surface area contributed by atoms with Crippen LogP contribution in [-0.2, 0) is 33.9 Å². The number of aliphatic hydroxyl groups excluding tert-OH is 3. The van der Waals surface area contributed by atoms with Crippen LogP contribution in [0.3, 0.4) is 0 Å². The van der Waals surface area contributed by atoms with Crippen LogP contribution in [0.15, 0.2) is 24.3 Å². The van der Waals surface area contributed by atoms with Gasteiger partial charge >= 0.3 is 11.9 Å². The molecule has 1 aromatic rings. The van der Waals surface area contributed by atoms with Crippen LogP contribution in [0.2, 0.25) is 0 Å². The minimum absolute atomic E-state index is 0.143. The monoisotopic (exact) mass is 814 g/mol. The van der Waals surface area contributed by atoms with Gasteiger partial charge < -0.3 is 34.3 Å². The zero-order valence-electron chi connectivity index (χ0n) is 28.0. The van der Waals surface area contributed by atoms with Gasteiger partial charge in [0.2, 0.25) is 0 Å². The van der Waals surface area contributed by atoms with Crippen LogP contribution in [0.25, 0.3) is 0 Å². The maximum atomic E-state index is 12.7. The fourth-order valence-electron chi connectivity index (χ4n) is 5.44. The molecule has 1 aliphatic heterocycles. The van der Waals surface area contributed by atoms with Gasteiger partial charge in [-0.3, -0.25) is 9.35 Å². The minimum Gasteiger partial charge on any atom is -0.458 e. The van der Waals surface area contributed by atoms with E-state index in [1.54, 1.807) is 24.3 Å². The highest BCUT2D eigenvalue weighted by Crippen LogP contribution is 2.24. The highest BCUT2D eigenvalue weighted by Gasteiger charge is 2.46. The predicted octanol–water partition coefficient (Wildman–Crippen LogP) is 5.33. The number of halogens is 1. The van der Waals surface area contributed by atoms with Crippen molar-refractivity contribution in [2.45, 2.75) is 146 Å². The molecule has 6 atom stereocenters. The number of rotatable bonds is 25. The summed E-state index contributed by atoms with van der Waals surface area (Å²) < 4.78 is 54.5. The molecule has 4 N–H and O–H groups in total. The molecule has 0 aromatic heterocycles. The van der Waals surface area contributed by atoms with Crippen molar-refractivity contribution in [3.8, 4) is 0 Å². The molecule has 0 aliphatic carbocycles. The van der Waals surface area contributed by atoms with Crippen LogP contribution in [-0.4, -0.2) is 96.0 Å². The summed E-state index contributed by atoms with van der Waals surface area (Å²) in [6.45, 7) is 1.40. The van der Waals surface area contributed by atoms with Gasteiger partial charge in [0.05, 0.1) is 12.2 Å². The zero-order chi connectivity index (χ0) is 35.4. The normalized spacial score (nSPS) is 21.9. The Labute approximate surface area is 299 Å². The first-order chi connectivity index (χ1) is 22.9. The summed E-state index contributed by atoms with van der Waals surface area (Å²) in [6.07, 6.45) is 8.25. The molecule has 1 fully saturated rings.